The molecule has 0 saturated carbocycles. The second kappa shape index (κ2) is 5.45. The molecule has 0 aliphatic heterocycles. The van der Waals surface area contributed by atoms with Gasteiger partial charge in [-0.1, -0.05) is 25.1 Å². The zero-order valence-corrected chi connectivity index (χ0v) is 8.74. The molecule has 0 bridgehead atoms. The molecule has 0 fully saturated rings. The largest absolute Gasteiger partial charge is 0.399 e. The number of benzene rings is 1. The molecule has 2 nitrogen and oxygen atoms in total. The summed E-state index contributed by atoms with van der Waals surface area (Å²) in [6.07, 6.45) is 1.93. The first kappa shape index (κ1) is 10.8. The quantitative estimate of drug-likeness (QED) is 0.570. The fourth-order valence-electron chi connectivity index (χ4n) is 1.37. The number of nitrogen functional groups attached to an aromatic ring is 1. The first-order valence-electron chi connectivity index (χ1n) is 4.94. The summed E-state index contributed by atoms with van der Waals surface area (Å²) in [7, 11) is 0. The predicted octanol–water partition coefficient (Wildman–Crippen LogP) is 2.28. The Kier molecular flexibility index (Phi) is 4.20. The Bertz CT molecular complexity index is 277. The van der Waals surface area contributed by atoms with Crippen LogP contribution in [0.2, 0.25) is 0 Å². The van der Waals surface area contributed by atoms with Crippen molar-refractivity contribution >= 4 is 5.69 Å². The normalized spacial score (nSPS) is 10.4. The van der Waals surface area contributed by atoms with Crippen molar-refractivity contribution < 1.29 is 0 Å². The topological polar surface area (TPSA) is 29.3 Å². The van der Waals surface area contributed by atoms with E-state index in [0.29, 0.717) is 0 Å². The van der Waals surface area contributed by atoms with Gasteiger partial charge in [0.15, 0.2) is 0 Å². The molecule has 76 valence electrons. The highest BCUT2D eigenvalue weighted by Gasteiger charge is 2.00. The van der Waals surface area contributed by atoms with Crippen molar-refractivity contribution in [2.75, 3.05) is 18.8 Å². The van der Waals surface area contributed by atoms with Gasteiger partial charge in [0.2, 0.25) is 0 Å². The standard InChI is InChI=1S/C12H18N2/c1-3-9-14(4-2)10-11-5-7-12(13)8-6-11/h3,5-8H,1,4,9-10,13H2,2H3. The molecule has 0 aliphatic rings. The third-order valence-corrected chi connectivity index (χ3v) is 2.22. The van der Waals surface area contributed by atoms with Gasteiger partial charge in [-0.25, -0.2) is 0 Å². The highest BCUT2D eigenvalue weighted by atomic mass is 15.1. The summed E-state index contributed by atoms with van der Waals surface area (Å²) < 4.78 is 0. The van der Waals surface area contributed by atoms with E-state index in [2.05, 4.69) is 30.5 Å². The van der Waals surface area contributed by atoms with E-state index in [-0.39, 0.29) is 0 Å². The van der Waals surface area contributed by atoms with E-state index >= 15 is 0 Å². The van der Waals surface area contributed by atoms with Crippen LogP contribution in [0.1, 0.15) is 12.5 Å². The third-order valence-electron chi connectivity index (χ3n) is 2.22. The van der Waals surface area contributed by atoms with E-state index in [0.717, 1.165) is 25.3 Å². The second-order valence-corrected chi connectivity index (χ2v) is 3.36. The number of anilines is 1. The highest BCUT2D eigenvalue weighted by Crippen LogP contribution is 2.08. The predicted molar refractivity (Wildman–Crippen MR) is 62.0 cm³/mol. The average Bonchev–Trinajstić information content (AvgIpc) is 2.20. The Balaban J connectivity index is 2.57. The van der Waals surface area contributed by atoms with Crippen molar-refractivity contribution in [3.8, 4) is 0 Å². The van der Waals surface area contributed by atoms with E-state index < -0.39 is 0 Å². The molecule has 2 heteroatoms. The van der Waals surface area contributed by atoms with Crippen LogP contribution >= 0.6 is 0 Å². The molecule has 0 spiro atoms. The maximum absolute atomic E-state index is 5.62. The van der Waals surface area contributed by atoms with Gasteiger partial charge in [-0.15, -0.1) is 6.58 Å². The SMILES string of the molecule is C=CCN(CC)Cc1ccc(N)cc1. The molecule has 1 rings (SSSR count). The Morgan fingerprint density at radius 3 is 2.50 bits per heavy atom. The van der Waals surface area contributed by atoms with Gasteiger partial charge in [0.25, 0.3) is 0 Å². The van der Waals surface area contributed by atoms with Gasteiger partial charge in [-0.05, 0) is 24.2 Å². The molecular formula is C12H18N2. The molecule has 0 saturated heterocycles. The van der Waals surface area contributed by atoms with Crippen LogP contribution < -0.4 is 5.73 Å². The van der Waals surface area contributed by atoms with E-state index in [1.165, 1.54) is 5.56 Å². The molecule has 0 atom stereocenters. The van der Waals surface area contributed by atoms with Gasteiger partial charge < -0.3 is 5.73 Å². The Hall–Kier alpha value is -1.28. The monoisotopic (exact) mass is 190 g/mol. The van der Waals surface area contributed by atoms with Crippen molar-refractivity contribution in [2.24, 2.45) is 0 Å². The minimum atomic E-state index is 0.820. The molecular weight excluding hydrogens is 172 g/mol. The van der Waals surface area contributed by atoms with Crippen LogP contribution in [-0.4, -0.2) is 18.0 Å². The molecule has 0 aromatic heterocycles. The van der Waals surface area contributed by atoms with Crippen LogP contribution in [0.3, 0.4) is 0 Å². The van der Waals surface area contributed by atoms with E-state index in [1.807, 2.05) is 18.2 Å². The minimum absolute atomic E-state index is 0.820. The zero-order valence-electron chi connectivity index (χ0n) is 8.74. The molecule has 2 N–H and O–H groups in total. The molecule has 0 radical (unpaired) electrons. The summed E-state index contributed by atoms with van der Waals surface area (Å²) in [5.74, 6) is 0. The van der Waals surface area contributed by atoms with Gasteiger partial charge in [0.1, 0.15) is 0 Å². The summed E-state index contributed by atoms with van der Waals surface area (Å²) in [5, 5.41) is 0. The third kappa shape index (κ3) is 3.23. The van der Waals surface area contributed by atoms with Crippen molar-refractivity contribution in [3.63, 3.8) is 0 Å². The van der Waals surface area contributed by atoms with Crippen molar-refractivity contribution in [2.45, 2.75) is 13.5 Å². The summed E-state index contributed by atoms with van der Waals surface area (Å²) in [5.41, 5.74) is 7.73. The Labute approximate surface area is 86.0 Å². The molecule has 0 unspecified atom stereocenters. The molecule has 0 amide bonds. The number of hydrogen-bond acceptors (Lipinski definition) is 2. The van der Waals surface area contributed by atoms with Crippen molar-refractivity contribution in [1.82, 2.24) is 4.90 Å². The van der Waals surface area contributed by atoms with Gasteiger partial charge in [-0.3, -0.25) is 4.90 Å². The van der Waals surface area contributed by atoms with E-state index in [4.69, 9.17) is 5.73 Å². The lowest BCUT2D eigenvalue weighted by atomic mass is 10.2. The van der Waals surface area contributed by atoms with Gasteiger partial charge >= 0.3 is 0 Å². The lowest BCUT2D eigenvalue weighted by molar-refractivity contribution is 0.311. The number of rotatable bonds is 5. The van der Waals surface area contributed by atoms with E-state index in [9.17, 15) is 0 Å². The maximum atomic E-state index is 5.62. The molecule has 1 aromatic rings. The highest BCUT2D eigenvalue weighted by molar-refractivity contribution is 5.39. The molecule has 14 heavy (non-hydrogen) atoms. The fraction of sp³-hybridized carbons (Fsp3) is 0.333. The average molecular weight is 190 g/mol. The maximum Gasteiger partial charge on any atom is 0.0314 e. The number of nitrogens with zero attached hydrogens (tertiary/aromatic N) is 1. The first-order chi connectivity index (χ1) is 6.76. The smallest absolute Gasteiger partial charge is 0.0314 e. The number of likely N-dealkylation sites (N-methyl/N-ethyl adjacent to an activating group) is 1. The summed E-state index contributed by atoms with van der Waals surface area (Å²) >= 11 is 0. The number of hydrogen-bond donors (Lipinski definition) is 1. The zero-order chi connectivity index (χ0) is 10.4. The fourth-order valence-corrected chi connectivity index (χ4v) is 1.37. The molecule has 1 aromatic carbocycles. The first-order valence-corrected chi connectivity index (χ1v) is 4.94. The second-order valence-electron chi connectivity index (χ2n) is 3.36. The molecule has 0 heterocycles. The molecule has 0 aliphatic carbocycles. The van der Waals surface area contributed by atoms with Gasteiger partial charge in [-0.2, -0.15) is 0 Å². The van der Waals surface area contributed by atoms with Gasteiger partial charge in [0, 0.05) is 18.8 Å². The van der Waals surface area contributed by atoms with Crippen LogP contribution in [0.5, 0.6) is 0 Å². The summed E-state index contributed by atoms with van der Waals surface area (Å²) in [4.78, 5) is 2.32. The van der Waals surface area contributed by atoms with Crippen LogP contribution in [0.4, 0.5) is 5.69 Å². The Morgan fingerprint density at radius 1 is 1.36 bits per heavy atom. The minimum Gasteiger partial charge on any atom is -0.399 e. The number of nitrogens with two attached hydrogens (primary N) is 1. The summed E-state index contributed by atoms with van der Waals surface area (Å²) in [6.45, 7) is 8.83. The summed E-state index contributed by atoms with van der Waals surface area (Å²) in [6, 6.07) is 8.02. The van der Waals surface area contributed by atoms with Crippen LogP contribution in [0.15, 0.2) is 36.9 Å². The van der Waals surface area contributed by atoms with Crippen LogP contribution in [0.25, 0.3) is 0 Å². The van der Waals surface area contributed by atoms with Crippen molar-refractivity contribution in [1.29, 1.82) is 0 Å². The van der Waals surface area contributed by atoms with Gasteiger partial charge in [0.05, 0.1) is 0 Å². The van der Waals surface area contributed by atoms with Crippen molar-refractivity contribution in [3.05, 3.63) is 42.5 Å². The van der Waals surface area contributed by atoms with E-state index in [1.54, 1.807) is 0 Å². The lowest BCUT2D eigenvalue weighted by Crippen LogP contribution is -2.22. The Morgan fingerprint density at radius 2 is 2.00 bits per heavy atom. The van der Waals surface area contributed by atoms with Crippen LogP contribution in [-0.2, 0) is 6.54 Å². The van der Waals surface area contributed by atoms with Crippen LogP contribution in [0, 0.1) is 0 Å². The lowest BCUT2D eigenvalue weighted by Gasteiger charge is -2.18.